The maximum absolute atomic E-state index is 4.73. The summed E-state index contributed by atoms with van der Waals surface area (Å²) in [7, 11) is 0. The molecule has 0 saturated carbocycles. The third-order valence-electron chi connectivity index (χ3n) is 4.35. The van der Waals surface area contributed by atoms with Crippen molar-refractivity contribution < 1.29 is 0 Å². The molecule has 1 aliphatic rings. The van der Waals surface area contributed by atoms with E-state index in [2.05, 4.69) is 47.1 Å². The van der Waals surface area contributed by atoms with Gasteiger partial charge in [-0.15, -0.1) is 10.2 Å². The number of aromatic nitrogens is 4. The highest BCUT2D eigenvalue weighted by Crippen LogP contribution is 2.34. The molecule has 5 nitrogen and oxygen atoms in total. The van der Waals surface area contributed by atoms with Gasteiger partial charge in [0.15, 0.2) is 5.82 Å². The summed E-state index contributed by atoms with van der Waals surface area (Å²) >= 11 is 1.61. The summed E-state index contributed by atoms with van der Waals surface area (Å²) < 4.78 is 1.88. The largest absolute Gasteiger partial charge is 0.371 e. The molecule has 6 heteroatoms. The van der Waals surface area contributed by atoms with Crippen molar-refractivity contribution in [3.63, 3.8) is 0 Å². The van der Waals surface area contributed by atoms with E-state index in [1.165, 1.54) is 29.7 Å². The number of aryl methyl sites for hydroxylation is 1. The fourth-order valence-corrected chi connectivity index (χ4v) is 4.08. The smallest absolute Gasteiger partial charge is 0.234 e. The standard InChI is InChI=1S/C16H19N5S/c1-3-14-17-18-16-21(14)19-15(22-16)12-7-6-8-13(11(12)2)20-9-4-5-10-20/h6-8H,3-5,9-10H2,1-2H3. The predicted octanol–water partition coefficient (Wildman–Crippen LogP) is 3.32. The van der Waals surface area contributed by atoms with E-state index < -0.39 is 0 Å². The summed E-state index contributed by atoms with van der Waals surface area (Å²) in [6.45, 7) is 6.60. The van der Waals surface area contributed by atoms with E-state index in [9.17, 15) is 0 Å². The Hall–Kier alpha value is -1.95. The Bertz CT molecular complexity index is 813. The maximum atomic E-state index is 4.73. The van der Waals surface area contributed by atoms with Crippen LogP contribution in [-0.2, 0) is 6.42 Å². The minimum atomic E-state index is 0.844. The Morgan fingerprint density at radius 2 is 2.00 bits per heavy atom. The molecule has 0 spiro atoms. The van der Waals surface area contributed by atoms with Gasteiger partial charge < -0.3 is 4.90 Å². The van der Waals surface area contributed by atoms with Gasteiger partial charge >= 0.3 is 0 Å². The molecule has 0 atom stereocenters. The van der Waals surface area contributed by atoms with Crippen molar-refractivity contribution >= 4 is 22.0 Å². The lowest BCUT2D eigenvalue weighted by Crippen LogP contribution is -2.18. The normalized spacial score (nSPS) is 15.1. The highest BCUT2D eigenvalue weighted by molar-refractivity contribution is 7.19. The van der Waals surface area contributed by atoms with E-state index >= 15 is 0 Å². The van der Waals surface area contributed by atoms with Crippen molar-refractivity contribution in [3.05, 3.63) is 29.6 Å². The Morgan fingerprint density at radius 1 is 1.18 bits per heavy atom. The van der Waals surface area contributed by atoms with Crippen LogP contribution in [0.15, 0.2) is 18.2 Å². The van der Waals surface area contributed by atoms with Gasteiger partial charge in [0.05, 0.1) is 0 Å². The lowest BCUT2D eigenvalue weighted by Gasteiger charge is -2.21. The van der Waals surface area contributed by atoms with E-state index in [-0.39, 0.29) is 0 Å². The average Bonchev–Trinajstić information content (AvgIpc) is 3.24. The quantitative estimate of drug-likeness (QED) is 0.744. The fourth-order valence-electron chi connectivity index (χ4n) is 3.14. The highest BCUT2D eigenvalue weighted by Gasteiger charge is 2.18. The van der Waals surface area contributed by atoms with Crippen molar-refractivity contribution in [2.45, 2.75) is 33.1 Å². The van der Waals surface area contributed by atoms with E-state index in [1.807, 2.05) is 4.52 Å². The van der Waals surface area contributed by atoms with Crippen LogP contribution in [0.1, 0.15) is 31.2 Å². The van der Waals surface area contributed by atoms with Gasteiger partial charge in [0.25, 0.3) is 0 Å². The van der Waals surface area contributed by atoms with Crippen molar-refractivity contribution in [1.29, 1.82) is 0 Å². The van der Waals surface area contributed by atoms with E-state index in [4.69, 9.17) is 5.10 Å². The summed E-state index contributed by atoms with van der Waals surface area (Å²) in [5.41, 5.74) is 3.87. The molecule has 4 rings (SSSR count). The van der Waals surface area contributed by atoms with Crippen LogP contribution in [-0.4, -0.2) is 32.9 Å². The first-order valence-electron chi connectivity index (χ1n) is 7.84. The van der Waals surface area contributed by atoms with Gasteiger partial charge in [0.1, 0.15) is 5.01 Å². The molecule has 1 aliphatic heterocycles. The van der Waals surface area contributed by atoms with Gasteiger partial charge in [-0.05, 0) is 31.4 Å². The minimum absolute atomic E-state index is 0.844. The van der Waals surface area contributed by atoms with Crippen LogP contribution in [0.5, 0.6) is 0 Å². The van der Waals surface area contributed by atoms with Crippen LogP contribution < -0.4 is 4.90 Å². The van der Waals surface area contributed by atoms with Crippen molar-refractivity contribution in [3.8, 4) is 10.6 Å². The Kier molecular flexibility index (Phi) is 3.33. The first-order valence-corrected chi connectivity index (χ1v) is 8.65. The van der Waals surface area contributed by atoms with E-state index in [0.29, 0.717) is 0 Å². The molecule has 0 amide bonds. The van der Waals surface area contributed by atoms with Gasteiger partial charge in [-0.1, -0.05) is 30.4 Å². The lowest BCUT2D eigenvalue weighted by molar-refractivity contribution is 0.837. The van der Waals surface area contributed by atoms with Crippen LogP contribution in [0.3, 0.4) is 0 Å². The van der Waals surface area contributed by atoms with Crippen LogP contribution in [0.2, 0.25) is 0 Å². The molecule has 0 unspecified atom stereocenters. The number of hydrogen-bond donors (Lipinski definition) is 0. The zero-order chi connectivity index (χ0) is 15.1. The summed E-state index contributed by atoms with van der Waals surface area (Å²) in [4.78, 5) is 3.36. The van der Waals surface area contributed by atoms with Crippen LogP contribution >= 0.6 is 11.3 Å². The minimum Gasteiger partial charge on any atom is -0.371 e. The molecular weight excluding hydrogens is 294 g/mol. The molecule has 2 aromatic heterocycles. The average molecular weight is 313 g/mol. The van der Waals surface area contributed by atoms with Gasteiger partial charge in [-0.3, -0.25) is 0 Å². The predicted molar refractivity (Wildman–Crippen MR) is 89.7 cm³/mol. The van der Waals surface area contributed by atoms with E-state index in [0.717, 1.165) is 35.3 Å². The molecule has 114 valence electrons. The number of fused-ring (bicyclic) bond motifs is 1. The summed E-state index contributed by atoms with van der Waals surface area (Å²) in [5.74, 6) is 0.922. The first kappa shape index (κ1) is 13.7. The summed E-state index contributed by atoms with van der Waals surface area (Å²) in [5, 5.41) is 14.1. The fraction of sp³-hybridized carbons (Fsp3) is 0.438. The summed E-state index contributed by atoms with van der Waals surface area (Å²) in [6.07, 6.45) is 3.43. The first-order chi connectivity index (χ1) is 10.8. The maximum Gasteiger partial charge on any atom is 0.234 e. The summed E-state index contributed by atoms with van der Waals surface area (Å²) in [6, 6.07) is 6.52. The topological polar surface area (TPSA) is 46.3 Å². The molecule has 0 N–H and O–H groups in total. The van der Waals surface area contributed by atoms with Crippen LogP contribution in [0, 0.1) is 6.92 Å². The molecule has 3 aromatic rings. The molecule has 22 heavy (non-hydrogen) atoms. The monoisotopic (exact) mass is 313 g/mol. The molecule has 3 heterocycles. The second kappa shape index (κ2) is 5.35. The zero-order valence-corrected chi connectivity index (χ0v) is 13.7. The molecule has 0 bridgehead atoms. The van der Waals surface area contributed by atoms with Gasteiger partial charge in [0.2, 0.25) is 4.96 Å². The number of hydrogen-bond acceptors (Lipinski definition) is 5. The van der Waals surface area contributed by atoms with Crippen molar-refractivity contribution in [1.82, 2.24) is 19.8 Å². The second-order valence-corrected chi connectivity index (χ2v) is 6.67. The third-order valence-corrected chi connectivity index (χ3v) is 5.29. The van der Waals surface area contributed by atoms with Crippen LogP contribution in [0.25, 0.3) is 15.5 Å². The Balaban J connectivity index is 1.80. The molecule has 1 saturated heterocycles. The molecule has 0 radical (unpaired) electrons. The van der Waals surface area contributed by atoms with Gasteiger partial charge in [0, 0.05) is 30.8 Å². The molecule has 1 fully saturated rings. The third kappa shape index (κ3) is 2.09. The number of anilines is 1. The molecule has 0 aliphatic carbocycles. The van der Waals surface area contributed by atoms with Crippen molar-refractivity contribution in [2.75, 3.05) is 18.0 Å². The molecular formula is C16H19N5S. The number of nitrogens with zero attached hydrogens (tertiary/aromatic N) is 5. The van der Waals surface area contributed by atoms with Crippen LogP contribution in [0.4, 0.5) is 5.69 Å². The number of benzene rings is 1. The molecule has 1 aromatic carbocycles. The highest BCUT2D eigenvalue weighted by atomic mass is 32.1. The van der Waals surface area contributed by atoms with E-state index in [1.54, 1.807) is 11.3 Å². The second-order valence-electron chi connectivity index (χ2n) is 5.72. The Labute approximate surface area is 133 Å². The lowest BCUT2D eigenvalue weighted by atomic mass is 10.1. The Morgan fingerprint density at radius 3 is 2.77 bits per heavy atom. The number of rotatable bonds is 3. The SMILES string of the molecule is CCc1nnc2sc(-c3cccc(N4CCCC4)c3C)nn12. The van der Waals surface area contributed by atoms with Crippen molar-refractivity contribution in [2.24, 2.45) is 0 Å². The van der Waals surface area contributed by atoms with Gasteiger partial charge in [-0.25, -0.2) is 0 Å². The van der Waals surface area contributed by atoms with Gasteiger partial charge in [-0.2, -0.15) is 9.61 Å². The zero-order valence-electron chi connectivity index (χ0n) is 12.9.